The van der Waals surface area contributed by atoms with Crippen LogP contribution in [0.2, 0.25) is 0 Å². The predicted molar refractivity (Wildman–Crippen MR) is 107 cm³/mol. The van der Waals surface area contributed by atoms with E-state index in [0.29, 0.717) is 24.8 Å². The molecule has 0 heterocycles. The number of carbonyl (C=O) groups is 3. The molecule has 0 saturated heterocycles. The van der Waals surface area contributed by atoms with Crippen molar-refractivity contribution in [3.05, 3.63) is 33.9 Å². The Bertz CT molecular complexity index is 791. The lowest BCUT2D eigenvalue weighted by Gasteiger charge is -2.20. The monoisotopic (exact) mass is 388 g/mol. The molecule has 0 radical (unpaired) electrons. The molecule has 0 unspecified atom stereocenters. The molecule has 0 aliphatic heterocycles. The van der Waals surface area contributed by atoms with Crippen LogP contribution in [0.1, 0.15) is 80.6 Å². The summed E-state index contributed by atoms with van der Waals surface area (Å²) in [6, 6.07) is 1.93. The highest BCUT2D eigenvalue weighted by Gasteiger charge is 2.29. The highest BCUT2D eigenvalue weighted by atomic mass is 16.5. The summed E-state index contributed by atoms with van der Waals surface area (Å²) in [6.07, 6.45) is 1.72. The second kappa shape index (κ2) is 8.06. The maximum atomic E-state index is 12.5. The third-order valence-corrected chi connectivity index (χ3v) is 4.90. The molecule has 0 atom stereocenters. The average Bonchev–Trinajstić information content (AvgIpc) is 2.94. The minimum atomic E-state index is -0.584. The normalized spacial score (nSPS) is 14.0. The maximum absolute atomic E-state index is 12.5. The third-order valence-electron chi connectivity index (χ3n) is 4.90. The van der Waals surface area contributed by atoms with Gasteiger partial charge in [0.25, 0.3) is 0 Å². The molecule has 0 N–H and O–H groups in total. The molecule has 2 rings (SSSR count). The molecular weight excluding hydrogens is 356 g/mol. The lowest BCUT2D eigenvalue weighted by Crippen LogP contribution is -2.24. The molecule has 0 bridgehead atoms. The first kappa shape index (κ1) is 22.1. The van der Waals surface area contributed by atoms with Crippen molar-refractivity contribution in [3.8, 4) is 0 Å². The molecule has 0 fully saturated rings. The zero-order chi connectivity index (χ0) is 21.3. The lowest BCUT2D eigenvalue weighted by molar-refractivity contribution is -0.154. The lowest BCUT2D eigenvalue weighted by atomic mass is 9.92. The van der Waals surface area contributed by atoms with Gasteiger partial charge in [0.05, 0.1) is 17.4 Å². The third kappa shape index (κ3) is 5.00. The fraction of sp³-hybridized carbons (Fsp3) is 0.609. The Balaban J connectivity index is 2.21. The first-order chi connectivity index (χ1) is 12.8. The van der Waals surface area contributed by atoms with Crippen molar-refractivity contribution < 1.29 is 23.9 Å². The van der Waals surface area contributed by atoms with Gasteiger partial charge < -0.3 is 9.47 Å². The van der Waals surface area contributed by atoms with Crippen LogP contribution in [0.25, 0.3) is 0 Å². The number of benzene rings is 1. The number of hydrogen-bond acceptors (Lipinski definition) is 5. The number of ether oxygens (including phenoxy) is 2. The number of rotatable bonds is 5. The van der Waals surface area contributed by atoms with Crippen LogP contribution >= 0.6 is 0 Å². The van der Waals surface area contributed by atoms with Crippen molar-refractivity contribution in [3.63, 3.8) is 0 Å². The topological polar surface area (TPSA) is 69.7 Å². The highest BCUT2D eigenvalue weighted by molar-refractivity contribution is 6.02. The number of Topliss-reactive ketones (excluding diaryl/α,β-unsaturated/α-hetero) is 1. The Labute approximate surface area is 167 Å². The number of esters is 2. The Morgan fingerprint density at radius 3 is 2.11 bits per heavy atom. The largest absolute Gasteiger partial charge is 0.465 e. The summed E-state index contributed by atoms with van der Waals surface area (Å²) in [4.78, 5) is 36.6. The number of hydrogen-bond donors (Lipinski definition) is 0. The van der Waals surface area contributed by atoms with Crippen molar-refractivity contribution >= 4 is 17.7 Å². The van der Waals surface area contributed by atoms with E-state index in [1.54, 1.807) is 20.8 Å². The van der Waals surface area contributed by atoms with E-state index < -0.39 is 10.8 Å². The van der Waals surface area contributed by atoms with E-state index in [1.807, 2.05) is 33.8 Å². The fourth-order valence-corrected chi connectivity index (χ4v) is 3.27. The molecule has 28 heavy (non-hydrogen) atoms. The van der Waals surface area contributed by atoms with Gasteiger partial charge in [-0.1, -0.05) is 6.07 Å². The standard InChI is InChI=1S/C23H32O5/c1-14-12-15(13-28-21(26)23(5,6)7)19-17(8-9-18(19)24)16(14)10-11-27-20(25)22(2,3)4/h12H,8-11,13H2,1-7H3. The van der Waals surface area contributed by atoms with Crippen molar-refractivity contribution in [1.29, 1.82) is 0 Å². The molecule has 154 valence electrons. The Hall–Kier alpha value is -2.17. The van der Waals surface area contributed by atoms with Gasteiger partial charge in [-0.3, -0.25) is 14.4 Å². The zero-order valence-corrected chi connectivity index (χ0v) is 18.2. The highest BCUT2D eigenvalue weighted by Crippen LogP contribution is 2.32. The van der Waals surface area contributed by atoms with Gasteiger partial charge in [0.1, 0.15) is 6.61 Å². The smallest absolute Gasteiger partial charge is 0.311 e. The van der Waals surface area contributed by atoms with Crippen LogP contribution in [0.4, 0.5) is 0 Å². The van der Waals surface area contributed by atoms with Crippen LogP contribution in [0.15, 0.2) is 6.07 Å². The van der Waals surface area contributed by atoms with Gasteiger partial charge in [0, 0.05) is 24.0 Å². The van der Waals surface area contributed by atoms with Crippen LogP contribution in [0.5, 0.6) is 0 Å². The van der Waals surface area contributed by atoms with Crippen LogP contribution in [0, 0.1) is 17.8 Å². The summed E-state index contributed by atoms with van der Waals surface area (Å²) >= 11 is 0. The predicted octanol–water partition coefficient (Wildman–Crippen LogP) is 4.35. The molecule has 0 saturated carbocycles. The van der Waals surface area contributed by atoms with Gasteiger partial charge in [0.2, 0.25) is 0 Å². The number of ketones is 1. The van der Waals surface area contributed by atoms with Gasteiger partial charge in [-0.15, -0.1) is 0 Å². The number of carbonyl (C=O) groups excluding carboxylic acids is 3. The fourth-order valence-electron chi connectivity index (χ4n) is 3.27. The summed E-state index contributed by atoms with van der Waals surface area (Å²) in [5.41, 5.74) is 3.44. The van der Waals surface area contributed by atoms with E-state index in [1.165, 1.54) is 0 Å². The molecule has 0 spiro atoms. The molecule has 5 heteroatoms. The molecule has 0 aromatic heterocycles. The first-order valence-corrected chi connectivity index (χ1v) is 9.84. The van der Waals surface area contributed by atoms with E-state index in [0.717, 1.165) is 22.3 Å². The van der Waals surface area contributed by atoms with Crippen molar-refractivity contribution in [2.75, 3.05) is 6.61 Å². The molecular formula is C23H32O5. The minimum Gasteiger partial charge on any atom is -0.465 e. The van der Waals surface area contributed by atoms with Crippen LogP contribution in [-0.2, 0) is 38.5 Å². The van der Waals surface area contributed by atoms with E-state index >= 15 is 0 Å². The molecule has 5 nitrogen and oxygen atoms in total. The first-order valence-electron chi connectivity index (χ1n) is 9.84. The summed E-state index contributed by atoms with van der Waals surface area (Å²) in [7, 11) is 0. The van der Waals surface area contributed by atoms with Gasteiger partial charge in [0.15, 0.2) is 5.78 Å². The van der Waals surface area contributed by atoms with Gasteiger partial charge in [-0.05, 0) is 71.6 Å². The SMILES string of the molecule is Cc1cc(COC(=O)C(C)(C)C)c2c(c1CCOC(=O)C(C)(C)C)CCC2=O. The second-order valence-corrected chi connectivity index (χ2v) is 9.57. The summed E-state index contributed by atoms with van der Waals surface area (Å²) in [5.74, 6) is -0.434. The Morgan fingerprint density at radius 2 is 1.54 bits per heavy atom. The zero-order valence-electron chi connectivity index (χ0n) is 18.2. The van der Waals surface area contributed by atoms with E-state index in [9.17, 15) is 14.4 Å². The van der Waals surface area contributed by atoms with Crippen molar-refractivity contribution in [1.82, 2.24) is 0 Å². The van der Waals surface area contributed by atoms with Crippen LogP contribution in [0.3, 0.4) is 0 Å². The van der Waals surface area contributed by atoms with Crippen LogP contribution in [-0.4, -0.2) is 24.3 Å². The maximum Gasteiger partial charge on any atom is 0.311 e. The van der Waals surface area contributed by atoms with Gasteiger partial charge >= 0.3 is 11.9 Å². The Kier molecular flexibility index (Phi) is 6.37. The Morgan fingerprint density at radius 1 is 0.964 bits per heavy atom. The van der Waals surface area contributed by atoms with Crippen molar-refractivity contribution in [2.45, 2.75) is 74.3 Å². The summed E-state index contributed by atoms with van der Waals surface area (Å²) < 4.78 is 10.9. The summed E-state index contributed by atoms with van der Waals surface area (Å²) in [5, 5.41) is 0. The number of aryl methyl sites for hydroxylation is 1. The van der Waals surface area contributed by atoms with Crippen LogP contribution < -0.4 is 0 Å². The molecule has 1 aliphatic carbocycles. The van der Waals surface area contributed by atoms with E-state index in [-0.39, 0.29) is 30.9 Å². The van der Waals surface area contributed by atoms with E-state index in [4.69, 9.17) is 9.47 Å². The van der Waals surface area contributed by atoms with Crippen molar-refractivity contribution in [2.24, 2.45) is 10.8 Å². The molecule has 0 amide bonds. The van der Waals surface area contributed by atoms with Gasteiger partial charge in [-0.2, -0.15) is 0 Å². The average molecular weight is 389 g/mol. The molecule has 1 aliphatic rings. The minimum absolute atomic E-state index is 0.0877. The van der Waals surface area contributed by atoms with E-state index in [2.05, 4.69) is 0 Å². The molecule has 1 aromatic rings. The summed E-state index contributed by atoms with van der Waals surface area (Å²) in [6.45, 7) is 13.3. The number of fused-ring (bicyclic) bond motifs is 1. The quantitative estimate of drug-likeness (QED) is 0.702. The van der Waals surface area contributed by atoms with Gasteiger partial charge in [-0.25, -0.2) is 0 Å². The molecule has 1 aromatic carbocycles. The second-order valence-electron chi connectivity index (χ2n) is 9.57.